The minimum Gasteiger partial charge on any atom is -0.481 e. The Morgan fingerprint density at radius 2 is 1.97 bits per heavy atom. The molecule has 0 saturated carbocycles. The highest BCUT2D eigenvalue weighted by atomic mass is 16.5. The largest absolute Gasteiger partial charge is 0.481 e. The molecule has 2 aliphatic heterocycles. The number of carbonyl (C=O) groups is 1. The van der Waals surface area contributed by atoms with Crippen LogP contribution in [0.5, 0.6) is 11.8 Å². The van der Waals surface area contributed by atoms with Gasteiger partial charge in [0.25, 0.3) is 5.91 Å². The monoisotopic (exact) mass is 397 g/mol. The number of carbonyl (C=O) groups excluding carboxylic acids is 1. The zero-order valence-corrected chi connectivity index (χ0v) is 17.1. The highest BCUT2D eigenvalue weighted by Crippen LogP contribution is 2.38. The number of hydrogen-bond donors (Lipinski definition) is 0. The maximum atomic E-state index is 12.9. The van der Waals surface area contributed by atoms with E-state index in [0.717, 1.165) is 13.0 Å². The lowest BCUT2D eigenvalue weighted by Gasteiger charge is -2.47. The van der Waals surface area contributed by atoms with Crippen molar-refractivity contribution in [1.82, 2.24) is 14.8 Å². The van der Waals surface area contributed by atoms with Crippen molar-refractivity contribution in [1.29, 1.82) is 0 Å². The molecule has 1 unspecified atom stereocenters. The Morgan fingerprint density at radius 1 is 1.21 bits per heavy atom. The van der Waals surface area contributed by atoms with Gasteiger partial charge in [-0.3, -0.25) is 9.69 Å². The summed E-state index contributed by atoms with van der Waals surface area (Å²) in [6, 6.07) is 14.2. The first-order chi connectivity index (χ1) is 14.0. The predicted octanol–water partition coefficient (Wildman–Crippen LogP) is 2.21. The van der Waals surface area contributed by atoms with Gasteiger partial charge >= 0.3 is 0 Å². The van der Waals surface area contributed by atoms with Crippen molar-refractivity contribution in [2.24, 2.45) is 0 Å². The smallest absolute Gasteiger partial charge is 0.259 e. The van der Waals surface area contributed by atoms with Crippen LogP contribution < -0.4 is 9.47 Å². The molecule has 7 heteroatoms. The van der Waals surface area contributed by atoms with Crippen LogP contribution in [0.2, 0.25) is 0 Å². The summed E-state index contributed by atoms with van der Waals surface area (Å²) in [6.45, 7) is 2.77. The third kappa shape index (κ3) is 3.93. The van der Waals surface area contributed by atoms with E-state index in [9.17, 15) is 4.79 Å². The van der Waals surface area contributed by atoms with Gasteiger partial charge in [0.05, 0.1) is 33.9 Å². The van der Waals surface area contributed by atoms with Crippen molar-refractivity contribution in [3.63, 3.8) is 0 Å². The number of rotatable bonds is 6. The fraction of sp³-hybridized carbons (Fsp3) is 0.455. The van der Waals surface area contributed by atoms with Crippen molar-refractivity contribution in [2.75, 3.05) is 41.0 Å². The van der Waals surface area contributed by atoms with E-state index in [-0.39, 0.29) is 17.4 Å². The van der Waals surface area contributed by atoms with Gasteiger partial charge in [-0.2, -0.15) is 4.98 Å². The summed E-state index contributed by atoms with van der Waals surface area (Å²) in [5, 5.41) is 0. The molecule has 1 aromatic carbocycles. The molecule has 2 fully saturated rings. The van der Waals surface area contributed by atoms with E-state index in [4.69, 9.17) is 14.2 Å². The van der Waals surface area contributed by atoms with E-state index in [1.807, 2.05) is 6.07 Å². The molecule has 4 rings (SSSR count). The zero-order valence-electron chi connectivity index (χ0n) is 17.1. The van der Waals surface area contributed by atoms with Crippen molar-refractivity contribution in [2.45, 2.75) is 24.6 Å². The lowest BCUT2D eigenvalue weighted by molar-refractivity contribution is -0.0951. The molecule has 0 radical (unpaired) electrons. The number of pyridine rings is 1. The molecule has 2 saturated heterocycles. The molecule has 1 atom stereocenters. The first kappa shape index (κ1) is 19.7. The first-order valence-electron chi connectivity index (χ1n) is 9.80. The van der Waals surface area contributed by atoms with Crippen LogP contribution in [0.25, 0.3) is 0 Å². The molecule has 0 N–H and O–H groups in total. The average Bonchev–Trinajstić information content (AvgIpc) is 3.18. The number of methoxy groups -OCH3 is 2. The first-order valence-corrected chi connectivity index (χ1v) is 9.80. The second-order valence-electron chi connectivity index (χ2n) is 7.82. The molecule has 0 aliphatic carbocycles. The van der Waals surface area contributed by atoms with Crippen LogP contribution in [0, 0.1) is 0 Å². The third-order valence-electron chi connectivity index (χ3n) is 5.80. The van der Waals surface area contributed by atoms with Crippen LogP contribution in [-0.2, 0) is 11.3 Å². The number of likely N-dealkylation sites (N-methyl/N-ethyl adjacent to an activating group) is 1. The number of nitrogens with zero attached hydrogens (tertiary/aromatic N) is 3. The van der Waals surface area contributed by atoms with E-state index in [1.165, 1.54) is 19.8 Å². The van der Waals surface area contributed by atoms with E-state index in [1.54, 1.807) is 17.0 Å². The minimum absolute atomic E-state index is 0.0904. The van der Waals surface area contributed by atoms with Gasteiger partial charge in [0.2, 0.25) is 11.8 Å². The SMILES string of the molecule is COc1ccc(C(=O)N2CC3(CC(N(C)Cc4ccccc4)CO3)C2)c(OC)n1. The van der Waals surface area contributed by atoms with Crippen molar-refractivity contribution in [3.05, 3.63) is 53.6 Å². The van der Waals surface area contributed by atoms with Gasteiger partial charge in [-0.25, -0.2) is 0 Å². The molecule has 1 spiro atoms. The van der Waals surface area contributed by atoms with Gasteiger partial charge in [-0.05, 0) is 25.1 Å². The van der Waals surface area contributed by atoms with E-state index < -0.39 is 0 Å². The Labute approximate surface area is 171 Å². The summed E-state index contributed by atoms with van der Waals surface area (Å²) in [5.74, 6) is 0.609. The zero-order chi connectivity index (χ0) is 20.4. The van der Waals surface area contributed by atoms with E-state index >= 15 is 0 Å². The maximum absolute atomic E-state index is 12.9. The summed E-state index contributed by atoms with van der Waals surface area (Å²) in [5.41, 5.74) is 1.50. The van der Waals surface area contributed by atoms with E-state index in [2.05, 4.69) is 41.2 Å². The molecule has 29 heavy (non-hydrogen) atoms. The molecule has 1 amide bonds. The summed E-state index contributed by atoms with van der Waals surface area (Å²) in [4.78, 5) is 21.2. The molecular formula is C22H27N3O4. The van der Waals surface area contributed by atoms with Crippen LogP contribution in [0.1, 0.15) is 22.3 Å². The summed E-state index contributed by atoms with van der Waals surface area (Å²) >= 11 is 0. The Bertz CT molecular complexity index is 868. The fourth-order valence-electron chi connectivity index (χ4n) is 4.14. The molecule has 2 aliphatic rings. The minimum atomic E-state index is -0.238. The molecule has 7 nitrogen and oxygen atoms in total. The van der Waals surface area contributed by atoms with Crippen LogP contribution in [0.15, 0.2) is 42.5 Å². The molecule has 154 valence electrons. The predicted molar refractivity (Wildman–Crippen MR) is 108 cm³/mol. The lowest BCUT2D eigenvalue weighted by atomic mass is 9.88. The fourth-order valence-corrected chi connectivity index (χ4v) is 4.14. The third-order valence-corrected chi connectivity index (χ3v) is 5.80. The van der Waals surface area contributed by atoms with Crippen molar-refractivity contribution in [3.8, 4) is 11.8 Å². The van der Waals surface area contributed by atoms with Crippen LogP contribution in [0.4, 0.5) is 0 Å². The Balaban J connectivity index is 1.35. The highest BCUT2D eigenvalue weighted by molar-refractivity contribution is 5.97. The molecule has 1 aromatic heterocycles. The molecule has 2 aromatic rings. The number of benzene rings is 1. The van der Waals surface area contributed by atoms with Crippen LogP contribution in [-0.4, -0.2) is 73.3 Å². The number of amides is 1. The average molecular weight is 397 g/mol. The van der Waals surface area contributed by atoms with Crippen molar-refractivity contribution >= 4 is 5.91 Å². The van der Waals surface area contributed by atoms with Crippen molar-refractivity contribution < 1.29 is 19.0 Å². The second-order valence-corrected chi connectivity index (χ2v) is 7.82. The van der Waals surface area contributed by atoms with Gasteiger partial charge in [0.1, 0.15) is 11.2 Å². The number of ether oxygens (including phenoxy) is 3. The molecule has 3 heterocycles. The maximum Gasteiger partial charge on any atom is 0.259 e. The lowest BCUT2D eigenvalue weighted by Crippen LogP contribution is -2.63. The second kappa shape index (κ2) is 8.00. The van der Waals surface area contributed by atoms with Crippen LogP contribution in [0.3, 0.4) is 0 Å². The topological polar surface area (TPSA) is 64.1 Å². The van der Waals surface area contributed by atoms with Crippen LogP contribution >= 0.6 is 0 Å². The Kier molecular flexibility index (Phi) is 5.43. The van der Waals surface area contributed by atoms with Gasteiger partial charge in [-0.15, -0.1) is 0 Å². The Hall–Kier alpha value is -2.64. The summed E-state index contributed by atoms with van der Waals surface area (Å²) in [6.07, 6.45) is 0.929. The van der Waals surface area contributed by atoms with E-state index in [0.29, 0.717) is 37.2 Å². The number of hydrogen-bond acceptors (Lipinski definition) is 6. The molecule has 0 bridgehead atoms. The Morgan fingerprint density at radius 3 is 2.66 bits per heavy atom. The number of likely N-dealkylation sites (tertiary alicyclic amines) is 1. The standard InChI is InChI=1S/C22H27N3O4/c1-24(12-16-7-5-4-6-8-16)17-11-22(29-13-17)14-25(15-22)21(26)18-9-10-19(27-2)23-20(18)28-3/h4-10,17H,11-15H2,1-3H3. The molecular weight excluding hydrogens is 370 g/mol. The quantitative estimate of drug-likeness (QED) is 0.745. The van der Waals surface area contributed by atoms with Gasteiger partial charge in [-0.1, -0.05) is 30.3 Å². The summed E-state index contributed by atoms with van der Waals surface area (Å²) in [7, 11) is 5.17. The highest BCUT2D eigenvalue weighted by Gasteiger charge is 2.52. The van der Waals surface area contributed by atoms with Gasteiger partial charge in [0.15, 0.2) is 0 Å². The normalized spacial score (nSPS) is 20.0. The van der Waals surface area contributed by atoms with Gasteiger partial charge < -0.3 is 19.1 Å². The van der Waals surface area contributed by atoms with Gasteiger partial charge in [0, 0.05) is 18.7 Å². The summed E-state index contributed by atoms with van der Waals surface area (Å²) < 4.78 is 16.5. The number of aromatic nitrogens is 1.